The van der Waals surface area contributed by atoms with Gasteiger partial charge < -0.3 is 5.11 Å². The Morgan fingerprint density at radius 3 is 2.40 bits per heavy atom. The molecule has 0 unspecified atom stereocenters. The van der Waals surface area contributed by atoms with Gasteiger partial charge in [0, 0.05) is 10.6 Å². The molecule has 1 N–H and O–H groups in total. The zero-order chi connectivity index (χ0) is 10.7. The zero-order valence-corrected chi connectivity index (χ0v) is 9.39. The SMILES string of the molecule is OC1(CSc2ccc(F)cc2)CCCC1. The van der Waals surface area contributed by atoms with E-state index in [1.807, 2.05) is 0 Å². The molecule has 1 nitrogen and oxygen atoms in total. The molecule has 0 aromatic heterocycles. The minimum Gasteiger partial charge on any atom is -0.389 e. The lowest BCUT2D eigenvalue weighted by molar-refractivity contribution is 0.0732. The van der Waals surface area contributed by atoms with E-state index in [1.165, 1.54) is 12.1 Å². The second-order valence-electron chi connectivity index (χ2n) is 4.17. The van der Waals surface area contributed by atoms with Crippen LogP contribution in [0.25, 0.3) is 0 Å². The maximum Gasteiger partial charge on any atom is 0.123 e. The first-order chi connectivity index (χ1) is 7.18. The fourth-order valence-electron chi connectivity index (χ4n) is 1.93. The van der Waals surface area contributed by atoms with Gasteiger partial charge in [0.15, 0.2) is 0 Å². The van der Waals surface area contributed by atoms with Crippen LogP contribution in [-0.2, 0) is 0 Å². The Morgan fingerprint density at radius 1 is 1.20 bits per heavy atom. The van der Waals surface area contributed by atoms with E-state index in [-0.39, 0.29) is 5.82 Å². The second kappa shape index (κ2) is 4.54. The first-order valence-corrected chi connectivity index (χ1v) is 6.27. The Bertz CT molecular complexity index is 317. The fourth-order valence-corrected chi connectivity index (χ4v) is 2.98. The molecule has 82 valence electrons. The average Bonchev–Trinajstić information content (AvgIpc) is 2.65. The molecule has 0 aliphatic heterocycles. The summed E-state index contributed by atoms with van der Waals surface area (Å²) in [6.07, 6.45) is 4.06. The summed E-state index contributed by atoms with van der Waals surface area (Å²) in [5, 5.41) is 10.1. The molecule has 1 aromatic carbocycles. The van der Waals surface area contributed by atoms with E-state index in [9.17, 15) is 9.50 Å². The highest BCUT2D eigenvalue weighted by Crippen LogP contribution is 2.34. The van der Waals surface area contributed by atoms with Gasteiger partial charge in [0.1, 0.15) is 5.82 Å². The van der Waals surface area contributed by atoms with Crippen molar-refractivity contribution in [2.45, 2.75) is 36.2 Å². The number of hydrogen-bond donors (Lipinski definition) is 1. The van der Waals surface area contributed by atoms with Gasteiger partial charge in [-0.15, -0.1) is 11.8 Å². The molecule has 0 heterocycles. The summed E-state index contributed by atoms with van der Waals surface area (Å²) in [7, 11) is 0. The van der Waals surface area contributed by atoms with E-state index in [4.69, 9.17) is 0 Å². The molecule has 1 fully saturated rings. The van der Waals surface area contributed by atoms with Crippen LogP contribution in [-0.4, -0.2) is 16.5 Å². The molecular weight excluding hydrogens is 211 g/mol. The first-order valence-electron chi connectivity index (χ1n) is 5.29. The van der Waals surface area contributed by atoms with Crippen LogP contribution in [0.3, 0.4) is 0 Å². The Hall–Kier alpha value is -0.540. The number of benzene rings is 1. The van der Waals surface area contributed by atoms with Crippen molar-refractivity contribution in [2.24, 2.45) is 0 Å². The van der Waals surface area contributed by atoms with Crippen LogP contribution in [0.5, 0.6) is 0 Å². The van der Waals surface area contributed by atoms with Gasteiger partial charge in [-0.1, -0.05) is 12.8 Å². The third-order valence-corrected chi connectivity index (χ3v) is 4.14. The van der Waals surface area contributed by atoms with Gasteiger partial charge >= 0.3 is 0 Å². The molecule has 15 heavy (non-hydrogen) atoms. The highest BCUT2D eigenvalue weighted by Gasteiger charge is 2.30. The van der Waals surface area contributed by atoms with Crippen LogP contribution in [0.1, 0.15) is 25.7 Å². The van der Waals surface area contributed by atoms with Crippen LogP contribution in [0.2, 0.25) is 0 Å². The largest absolute Gasteiger partial charge is 0.389 e. The van der Waals surface area contributed by atoms with Gasteiger partial charge in [-0.25, -0.2) is 4.39 Å². The van der Waals surface area contributed by atoms with Crippen molar-refractivity contribution in [3.8, 4) is 0 Å². The molecular formula is C12H15FOS. The third kappa shape index (κ3) is 2.95. The molecule has 0 spiro atoms. The fraction of sp³-hybridized carbons (Fsp3) is 0.500. The number of halogens is 1. The van der Waals surface area contributed by atoms with Crippen molar-refractivity contribution in [1.29, 1.82) is 0 Å². The normalized spacial score (nSPS) is 19.3. The average molecular weight is 226 g/mol. The summed E-state index contributed by atoms with van der Waals surface area (Å²) >= 11 is 1.61. The molecule has 0 saturated heterocycles. The summed E-state index contributed by atoms with van der Waals surface area (Å²) in [6.45, 7) is 0. The van der Waals surface area contributed by atoms with Crippen LogP contribution < -0.4 is 0 Å². The van der Waals surface area contributed by atoms with Crippen molar-refractivity contribution >= 4 is 11.8 Å². The maximum atomic E-state index is 12.6. The van der Waals surface area contributed by atoms with E-state index in [0.717, 1.165) is 36.3 Å². The highest BCUT2D eigenvalue weighted by atomic mass is 32.2. The van der Waals surface area contributed by atoms with Crippen LogP contribution in [0.4, 0.5) is 4.39 Å². The molecule has 1 aliphatic rings. The Labute approximate surface area is 93.7 Å². The molecule has 0 amide bonds. The lowest BCUT2D eigenvalue weighted by Crippen LogP contribution is -2.26. The van der Waals surface area contributed by atoms with Crippen molar-refractivity contribution < 1.29 is 9.50 Å². The van der Waals surface area contributed by atoms with Crippen molar-refractivity contribution in [3.63, 3.8) is 0 Å². The predicted molar refractivity (Wildman–Crippen MR) is 60.5 cm³/mol. The van der Waals surface area contributed by atoms with Crippen LogP contribution in [0, 0.1) is 5.82 Å². The summed E-state index contributed by atoms with van der Waals surface area (Å²) in [5.41, 5.74) is -0.487. The summed E-state index contributed by atoms with van der Waals surface area (Å²) in [6, 6.07) is 6.44. The molecule has 2 rings (SSSR count). The van der Waals surface area contributed by atoms with Crippen LogP contribution in [0.15, 0.2) is 29.2 Å². The molecule has 1 aromatic rings. The van der Waals surface area contributed by atoms with E-state index < -0.39 is 5.60 Å². The zero-order valence-electron chi connectivity index (χ0n) is 8.58. The van der Waals surface area contributed by atoms with Gasteiger partial charge in [0.05, 0.1) is 5.60 Å². The van der Waals surface area contributed by atoms with Gasteiger partial charge in [-0.3, -0.25) is 0 Å². The Morgan fingerprint density at radius 2 is 1.80 bits per heavy atom. The third-order valence-electron chi connectivity index (χ3n) is 2.86. The highest BCUT2D eigenvalue weighted by molar-refractivity contribution is 7.99. The minimum absolute atomic E-state index is 0.209. The Kier molecular flexibility index (Phi) is 3.32. The maximum absolute atomic E-state index is 12.6. The minimum atomic E-state index is -0.487. The van der Waals surface area contributed by atoms with E-state index in [0.29, 0.717) is 0 Å². The van der Waals surface area contributed by atoms with Gasteiger partial charge in [-0.2, -0.15) is 0 Å². The topological polar surface area (TPSA) is 20.2 Å². The van der Waals surface area contributed by atoms with E-state index in [2.05, 4.69) is 0 Å². The molecule has 1 saturated carbocycles. The van der Waals surface area contributed by atoms with Crippen molar-refractivity contribution in [2.75, 3.05) is 5.75 Å². The smallest absolute Gasteiger partial charge is 0.123 e. The van der Waals surface area contributed by atoms with Crippen molar-refractivity contribution in [1.82, 2.24) is 0 Å². The first kappa shape index (κ1) is 11.0. The quantitative estimate of drug-likeness (QED) is 0.798. The van der Waals surface area contributed by atoms with Gasteiger partial charge in [0.25, 0.3) is 0 Å². The predicted octanol–water partition coefficient (Wildman–Crippen LogP) is 3.22. The van der Waals surface area contributed by atoms with E-state index in [1.54, 1.807) is 23.9 Å². The molecule has 0 bridgehead atoms. The van der Waals surface area contributed by atoms with Crippen molar-refractivity contribution in [3.05, 3.63) is 30.1 Å². The van der Waals surface area contributed by atoms with Gasteiger partial charge in [0.2, 0.25) is 0 Å². The molecule has 3 heteroatoms. The Balaban J connectivity index is 1.90. The monoisotopic (exact) mass is 226 g/mol. The number of rotatable bonds is 3. The lowest BCUT2D eigenvalue weighted by atomic mass is 10.1. The molecule has 0 atom stereocenters. The number of aliphatic hydroxyl groups is 1. The molecule has 1 aliphatic carbocycles. The van der Waals surface area contributed by atoms with Gasteiger partial charge in [-0.05, 0) is 37.1 Å². The second-order valence-corrected chi connectivity index (χ2v) is 5.22. The molecule has 0 radical (unpaired) electrons. The standard InChI is InChI=1S/C12H15FOS/c13-10-3-5-11(6-4-10)15-9-12(14)7-1-2-8-12/h3-6,14H,1-2,7-9H2. The van der Waals surface area contributed by atoms with Crippen LogP contribution >= 0.6 is 11.8 Å². The summed E-state index contributed by atoms with van der Waals surface area (Å²) < 4.78 is 12.6. The number of thioether (sulfide) groups is 1. The lowest BCUT2D eigenvalue weighted by Gasteiger charge is -2.21. The number of hydrogen-bond acceptors (Lipinski definition) is 2. The van der Waals surface area contributed by atoms with E-state index >= 15 is 0 Å². The summed E-state index contributed by atoms with van der Waals surface area (Å²) in [4.78, 5) is 1.02. The summed E-state index contributed by atoms with van der Waals surface area (Å²) in [5.74, 6) is 0.512.